The minimum absolute atomic E-state index is 0.193. The predicted octanol–water partition coefficient (Wildman–Crippen LogP) is 2.33. The molecule has 9 heteroatoms. The van der Waals surface area contributed by atoms with Crippen molar-refractivity contribution in [1.29, 1.82) is 0 Å². The van der Waals surface area contributed by atoms with Crippen LogP contribution in [-0.4, -0.2) is 53.7 Å². The van der Waals surface area contributed by atoms with E-state index in [0.29, 0.717) is 11.7 Å². The van der Waals surface area contributed by atoms with Gasteiger partial charge in [-0.3, -0.25) is 14.5 Å². The normalized spacial score (nSPS) is 22.0. The van der Waals surface area contributed by atoms with Crippen LogP contribution in [0.1, 0.15) is 43.0 Å². The summed E-state index contributed by atoms with van der Waals surface area (Å²) in [6, 6.07) is 2.41. The smallest absolute Gasteiger partial charge is 0.180 e. The van der Waals surface area contributed by atoms with E-state index in [9.17, 15) is 0 Å². The number of nitrogens with zero attached hydrogens (tertiary/aromatic N) is 7. The molecule has 0 amide bonds. The summed E-state index contributed by atoms with van der Waals surface area (Å²) in [7, 11) is 0. The largest absolute Gasteiger partial charge is 0.351 e. The molecule has 5 heterocycles. The number of fused-ring (bicyclic) bond motifs is 1. The van der Waals surface area contributed by atoms with E-state index in [2.05, 4.69) is 52.9 Å². The first kappa shape index (κ1) is 17.5. The van der Waals surface area contributed by atoms with Crippen LogP contribution in [0.3, 0.4) is 0 Å². The molecule has 2 atom stereocenters. The maximum absolute atomic E-state index is 4.93. The monoisotopic (exact) mass is 401 g/mol. The van der Waals surface area contributed by atoms with Crippen LogP contribution in [0.2, 0.25) is 0 Å². The van der Waals surface area contributed by atoms with E-state index in [-0.39, 0.29) is 12.1 Å². The molecule has 4 aromatic heterocycles. The van der Waals surface area contributed by atoms with E-state index in [4.69, 9.17) is 4.98 Å². The Kier molecular flexibility index (Phi) is 4.02. The van der Waals surface area contributed by atoms with E-state index < -0.39 is 0 Å². The lowest BCUT2D eigenvalue weighted by atomic mass is 10.00. The lowest BCUT2D eigenvalue weighted by Crippen LogP contribution is -2.52. The third-order valence-corrected chi connectivity index (χ3v) is 6.15. The Morgan fingerprint density at radius 1 is 1.10 bits per heavy atom. The molecule has 30 heavy (non-hydrogen) atoms. The number of aromatic amines is 1. The zero-order valence-corrected chi connectivity index (χ0v) is 16.7. The molecule has 1 saturated carbocycles. The number of hydrogen-bond acceptors (Lipinski definition) is 7. The maximum atomic E-state index is 4.93. The first-order valence-electron chi connectivity index (χ1n) is 10.4. The van der Waals surface area contributed by atoms with Gasteiger partial charge in [0.05, 0.1) is 30.3 Å². The van der Waals surface area contributed by atoms with Gasteiger partial charge in [-0.05, 0) is 25.8 Å². The molecule has 0 spiro atoms. The molecule has 2 fully saturated rings. The number of imidazole rings is 1. The molecule has 0 unspecified atom stereocenters. The number of piperazine rings is 1. The predicted molar refractivity (Wildman–Crippen MR) is 112 cm³/mol. The lowest BCUT2D eigenvalue weighted by molar-refractivity contribution is 0.389. The Morgan fingerprint density at radius 3 is 2.87 bits per heavy atom. The summed E-state index contributed by atoms with van der Waals surface area (Å²) in [6.07, 6.45) is 13.9. The standard InChI is InChI=1S/C21H23N9/c1-13-20(15-8-26-27-9-15)22-6-7-29(13)18-4-5-23-21(28-18)17-10-25-19-11-24-16(12-30(17)19)14-2-3-14/h4-5,8-14,20,22H,2-3,6-7H2,1H3,(H,26,27)/t13-,20-/m0/s1. The van der Waals surface area contributed by atoms with Crippen LogP contribution in [0, 0.1) is 0 Å². The summed E-state index contributed by atoms with van der Waals surface area (Å²) >= 11 is 0. The van der Waals surface area contributed by atoms with Crippen molar-refractivity contribution in [3.8, 4) is 11.5 Å². The van der Waals surface area contributed by atoms with Crippen molar-refractivity contribution in [2.75, 3.05) is 18.0 Å². The maximum Gasteiger partial charge on any atom is 0.180 e. The molecular weight excluding hydrogens is 378 g/mol. The zero-order valence-electron chi connectivity index (χ0n) is 16.7. The molecule has 2 N–H and O–H groups in total. The van der Waals surface area contributed by atoms with Crippen LogP contribution in [0.4, 0.5) is 5.82 Å². The Morgan fingerprint density at radius 2 is 2.03 bits per heavy atom. The number of aromatic nitrogens is 7. The number of anilines is 1. The number of H-pyrrole nitrogens is 1. The van der Waals surface area contributed by atoms with Crippen LogP contribution in [0.15, 0.2) is 43.2 Å². The van der Waals surface area contributed by atoms with Gasteiger partial charge >= 0.3 is 0 Å². The van der Waals surface area contributed by atoms with Crippen molar-refractivity contribution in [2.45, 2.75) is 37.8 Å². The van der Waals surface area contributed by atoms with E-state index in [1.54, 1.807) is 0 Å². The fraction of sp³-hybridized carbons (Fsp3) is 0.381. The summed E-state index contributed by atoms with van der Waals surface area (Å²) in [6.45, 7) is 3.98. The third kappa shape index (κ3) is 2.93. The first-order chi connectivity index (χ1) is 14.8. The number of nitrogens with one attached hydrogen (secondary N) is 2. The van der Waals surface area contributed by atoms with Gasteiger partial charge in [-0.25, -0.2) is 15.0 Å². The Bertz CT molecular complexity index is 1180. The molecule has 1 saturated heterocycles. The fourth-order valence-corrected chi connectivity index (χ4v) is 4.34. The second kappa shape index (κ2) is 6.88. The third-order valence-electron chi connectivity index (χ3n) is 6.15. The van der Waals surface area contributed by atoms with Gasteiger partial charge < -0.3 is 10.2 Å². The quantitative estimate of drug-likeness (QED) is 0.541. The summed E-state index contributed by atoms with van der Waals surface area (Å²) < 4.78 is 2.06. The van der Waals surface area contributed by atoms with Crippen LogP contribution in [0.25, 0.3) is 17.2 Å². The highest BCUT2D eigenvalue weighted by molar-refractivity contribution is 5.58. The molecule has 9 nitrogen and oxygen atoms in total. The van der Waals surface area contributed by atoms with E-state index in [1.807, 2.05) is 37.1 Å². The minimum atomic E-state index is 0.193. The Hall–Kier alpha value is -3.33. The lowest BCUT2D eigenvalue weighted by Gasteiger charge is -2.40. The van der Waals surface area contributed by atoms with Gasteiger partial charge in [0.25, 0.3) is 0 Å². The number of hydrogen-bond donors (Lipinski definition) is 2. The van der Waals surface area contributed by atoms with Crippen LogP contribution < -0.4 is 10.2 Å². The van der Waals surface area contributed by atoms with Gasteiger partial charge in [-0.15, -0.1) is 0 Å². The van der Waals surface area contributed by atoms with Crippen LogP contribution in [-0.2, 0) is 0 Å². The topological polar surface area (TPSA) is 99.9 Å². The highest BCUT2D eigenvalue weighted by atomic mass is 15.3. The molecule has 1 aliphatic heterocycles. The molecule has 0 radical (unpaired) electrons. The van der Waals surface area contributed by atoms with E-state index >= 15 is 0 Å². The molecule has 0 bridgehead atoms. The second-order valence-electron chi connectivity index (χ2n) is 8.09. The van der Waals surface area contributed by atoms with Gasteiger partial charge in [0.15, 0.2) is 11.5 Å². The minimum Gasteiger partial charge on any atom is -0.351 e. The van der Waals surface area contributed by atoms with E-state index in [0.717, 1.165) is 41.5 Å². The highest BCUT2D eigenvalue weighted by Gasteiger charge is 2.30. The molecule has 1 aliphatic carbocycles. The SMILES string of the molecule is C[C@H]1[C@@H](c2cn[nH]c2)NCCN1c1ccnc(-c2cnc3cnc(C4CC4)cn23)n1. The molecule has 152 valence electrons. The van der Waals surface area contributed by atoms with Crippen LogP contribution >= 0.6 is 0 Å². The second-order valence-corrected chi connectivity index (χ2v) is 8.09. The number of rotatable bonds is 4. The van der Waals surface area contributed by atoms with Crippen molar-refractivity contribution in [2.24, 2.45) is 0 Å². The first-order valence-corrected chi connectivity index (χ1v) is 10.4. The van der Waals surface area contributed by atoms with Gasteiger partial charge in [0.2, 0.25) is 0 Å². The van der Waals surface area contributed by atoms with Crippen molar-refractivity contribution < 1.29 is 0 Å². The van der Waals surface area contributed by atoms with Gasteiger partial charge in [0, 0.05) is 49.2 Å². The van der Waals surface area contributed by atoms with Gasteiger partial charge in [0.1, 0.15) is 11.5 Å². The average molecular weight is 401 g/mol. The average Bonchev–Trinajstić information content (AvgIpc) is 3.32. The van der Waals surface area contributed by atoms with Crippen molar-refractivity contribution in [3.05, 3.63) is 54.5 Å². The highest BCUT2D eigenvalue weighted by Crippen LogP contribution is 2.39. The molecule has 4 aromatic rings. The fourth-order valence-electron chi connectivity index (χ4n) is 4.34. The van der Waals surface area contributed by atoms with Crippen molar-refractivity contribution >= 4 is 11.5 Å². The van der Waals surface area contributed by atoms with Crippen molar-refractivity contribution in [1.82, 2.24) is 39.9 Å². The van der Waals surface area contributed by atoms with Gasteiger partial charge in [-0.1, -0.05) is 0 Å². The molecule has 0 aromatic carbocycles. The van der Waals surface area contributed by atoms with Crippen molar-refractivity contribution in [3.63, 3.8) is 0 Å². The van der Waals surface area contributed by atoms with Gasteiger partial charge in [-0.2, -0.15) is 5.10 Å². The van der Waals surface area contributed by atoms with E-state index in [1.165, 1.54) is 12.8 Å². The Balaban J connectivity index is 1.35. The molecule has 2 aliphatic rings. The summed E-state index contributed by atoms with van der Waals surface area (Å²) in [5.41, 5.74) is 3.99. The zero-order chi connectivity index (χ0) is 20.1. The Labute approximate surface area is 173 Å². The van der Waals surface area contributed by atoms with Crippen LogP contribution in [0.5, 0.6) is 0 Å². The summed E-state index contributed by atoms with van der Waals surface area (Å²) in [4.78, 5) is 20.9. The summed E-state index contributed by atoms with van der Waals surface area (Å²) in [5.74, 6) is 2.19. The summed E-state index contributed by atoms with van der Waals surface area (Å²) in [5, 5.41) is 10.6. The molecule has 6 rings (SSSR count). The molecular formula is C21H23N9.